The fraction of sp³-hybridized carbons (Fsp3) is 0.429. The number of hydrogen-bond donors (Lipinski definition) is 2. The lowest BCUT2D eigenvalue weighted by Crippen LogP contribution is -2.74. The lowest BCUT2D eigenvalue weighted by molar-refractivity contribution is -0.164. The van der Waals surface area contributed by atoms with Gasteiger partial charge in [-0.15, -0.1) is 0 Å². The molecule has 3 aromatic rings. The van der Waals surface area contributed by atoms with E-state index in [2.05, 4.69) is 20.4 Å². The third-order valence-corrected chi connectivity index (χ3v) is 11.7. The number of benzene rings is 3. The van der Waals surface area contributed by atoms with Crippen molar-refractivity contribution in [3.05, 3.63) is 88.5 Å². The Morgan fingerprint density at radius 3 is 2.19 bits per heavy atom. The molecule has 1 saturated carbocycles. The third-order valence-electron chi connectivity index (χ3n) is 11.7. The highest BCUT2D eigenvalue weighted by Crippen LogP contribution is 2.55. The molecule has 16 heteroatoms. The number of anilines is 1. The molecular formula is C42H43F3N6O7. The Morgan fingerprint density at radius 2 is 1.55 bits per heavy atom. The monoisotopic (exact) mass is 800 g/mol. The Bertz CT molecular complexity index is 2190. The van der Waals surface area contributed by atoms with Crippen molar-refractivity contribution in [3.63, 3.8) is 0 Å². The van der Waals surface area contributed by atoms with E-state index in [0.717, 1.165) is 48.9 Å². The SMILES string of the molecule is CC1(C)C(NC(=O)c2ccc(N3CCN(CCOc4ccc5c(c4)C(=O)N(C4CCC(=O)NC4=O)C5=O)CC3)cc2)C(C)(C)C1Oc1ccc(C#N)c(C(F)(F)F)c1. The van der Waals surface area contributed by atoms with E-state index in [1.54, 1.807) is 24.3 Å². The first kappa shape index (κ1) is 40.3. The minimum absolute atomic E-state index is 0.00293. The minimum Gasteiger partial charge on any atom is -0.492 e. The first-order chi connectivity index (χ1) is 27.4. The summed E-state index contributed by atoms with van der Waals surface area (Å²) >= 11 is 0. The number of halogens is 3. The largest absolute Gasteiger partial charge is 0.492 e. The molecule has 4 aliphatic rings. The molecule has 0 spiro atoms. The number of alkyl halides is 3. The molecule has 13 nitrogen and oxygen atoms in total. The van der Waals surface area contributed by atoms with Crippen LogP contribution in [0.2, 0.25) is 0 Å². The summed E-state index contributed by atoms with van der Waals surface area (Å²) in [7, 11) is 0. The van der Waals surface area contributed by atoms with Crippen molar-refractivity contribution in [2.45, 2.75) is 64.9 Å². The summed E-state index contributed by atoms with van der Waals surface area (Å²) in [5.41, 5.74) is -1.00. The molecule has 1 unspecified atom stereocenters. The van der Waals surface area contributed by atoms with Crippen LogP contribution in [-0.4, -0.2) is 96.9 Å². The predicted molar refractivity (Wildman–Crippen MR) is 203 cm³/mol. The maximum atomic E-state index is 13.6. The normalized spacial score (nSPS) is 22.8. The van der Waals surface area contributed by atoms with Crippen LogP contribution in [0.3, 0.4) is 0 Å². The number of rotatable bonds is 10. The van der Waals surface area contributed by atoms with Crippen molar-refractivity contribution >= 4 is 35.2 Å². The number of amides is 5. The lowest BCUT2D eigenvalue weighted by atomic mass is 9.49. The van der Waals surface area contributed by atoms with Gasteiger partial charge in [0.2, 0.25) is 11.8 Å². The highest BCUT2D eigenvalue weighted by molar-refractivity contribution is 6.23. The number of carbonyl (C=O) groups is 5. The molecule has 5 amide bonds. The Morgan fingerprint density at radius 1 is 0.897 bits per heavy atom. The fourth-order valence-electron chi connectivity index (χ4n) is 8.96. The van der Waals surface area contributed by atoms with E-state index in [4.69, 9.17) is 14.7 Å². The van der Waals surface area contributed by atoms with Gasteiger partial charge in [0.25, 0.3) is 17.7 Å². The number of nitrogens with zero attached hydrogens (tertiary/aromatic N) is 4. The van der Waals surface area contributed by atoms with Crippen LogP contribution in [0.15, 0.2) is 60.7 Å². The minimum atomic E-state index is -4.71. The van der Waals surface area contributed by atoms with E-state index in [0.29, 0.717) is 24.5 Å². The number of piperidine rings is 1. The molecule has 3 aromatic carbocycles. The second kappa shape index (κ2) is 15.1. The summed E-state index contributed by atoms with van der Waals surface area (Å²) in [6.07, 6.45) is -5.10. The van der Waals surface area contributed by atoms with Gasteiger partial charge in [-0.3, -0.25) is 39.1 Å². The predicted octanol–water partition coefficient (Wildman–Crippen LogP) is 4.79. The van der Waals surface area contributed by atoms with Crippen molar-refractivity contribution in [3.8, 4) is 17.6 Å². The molecule has 3 fully saturated rings. The van der Waals surface area contributed by atoms with Crippen LogP contribution in [-0.2, 0) is 15.8 Å². The van der Waals surface area contributed by atoms with Crippen LogP contribution in [0.5, 0.6) is 11.5 Å². The molecule has 0 radical (unpaired) electrons. The molecule has 3 heterocycles. The van der Waals surface area contributed by atoms with Gasteiger partial charge in [0, 0.05) is 67.3 Å². The first-order valence-electron chi connectivity index (χ1n) is 19.0. The van der Waals surface area contributed by atoms with Gasteiger partial charge in [-0.25, -0.2) is 0 Å². The quantitative estimate of drug-likeness (QED) is 0.273. The van der Waals surface area contributed by atoms with E-state index >= 15 is 0 Å². The van der Waals surface area contributed by atoms with Crippen molar-refractivity contribution in [1.29, 1.82) is 5.26 Å². The average molecular weight is 801 g/mol. The number of carbonyl (C=O) groups excluding carboxylic acids is 5. The van der Waals surface area contributed by atoms with E-state index in [9.17, 15) is 37.1 Å². The highest BCUT2D eigenvalue weighted by atomic mass is 19.4. The molecule has 2 saturated heterocycles. The van der Waals surface area contributed by atoms with Gasteiger partial charge in [0.15, 0.2) is 0 Å². The molecule has 3 aliphatic heterocycles. The number of ether oxygens (including phenoxy) is 2. The van der Waals surface area contributed by atoms with Gasteiger partial charge >= 0.3 is 6.18 Å². The van der Waals surface area contributed by atoms with Crippen molar-refractivity contribution in [1.82, 2.24) is 20.4 Å². The maximum absolute atomic E-state index is 13.6. The van der Waals surface area contributed by atoms with Crippen LogP contribution in [0.1, 0.15) is 82.7 Å². The zero-order valence-electron chi connectivity index (χ0n) is 32.4. The summed E-state index contributed by atoms with van der Waals surface area (Å²) in [5, 5.41) is 14.5. The Balaban J connectivity index is 0.877. The van der Waals surface area contributed by atoms with Crippen molar-refractivity contribution in [2.75, 3.05) is 44.2 Å². The second-order valence-corrected chi connectivity index (χ2v) is 16.2. The fourth-order valence-corrected chi connectivity index (χ4v) is 8.96. The molecule has 2 N–H and O–H groups in total. The van der Waals surface area contributed by atoms with Gasteiger partial charge in [-0.1, -0.05) is 27.7 Å². The zero-order chi connectivity index (χ0) is 41.7. The van der Waals surface area contributed by atoms with Crippen molar-refractivity contribution in [2.24, 2.45) is 10.8 Å². The highest BCUT2D eigenvalue weighted by Gasteiger charge is 2.64. The molecule has 1 aliphatic carbocycles. The number of nitrogens with one attached hydrogen (secondary N) is 2. The van der Waals surface area contributed by atoms with Crippen LogP contribution < -0.4 is 25.0 Å². The molecular weight excluding hydrogens is 757 g/mol. The summed E-state index contributed by atoms with van der Waals surface area (Å²) in [5.74, 6) is -2.10. The van der Waals surface area contributed by atoms with E-state index in [-0.39, 0.29) is 41.7 Å². The number of nitriles is 1. The number of hydrogen-bond acceptors (Lipinski definition) is 10. The smallest absolute Gasteiger partial charge is 0.417 e. The van der Waals surface area contributed by atoms with Crippen LogP contribution in [0.25, 0.3) is 0 Å². The third kappa shape index (κ3) is 7.46. The molecule has 1 atom stereocenters. The van der Waals surface area contributed by atoms with Crippen LogP contribution >= 0.6 is 0 Å². The zero-order valence-corrected chi connectivity index (χ0v) is 32.4. The summed E-state index contributed by atoms with van der Waals surface area (Å²) < 4.78 is 52.8. The maximum Gasteiger partial charge on any atom is 0.417 e. The summed E-state index contributed by atoms with van der Waals surface area (Å²) in [6.45, 7) is 11.6. The molecule has 0 aromatic heterocycles. The number of piperazine rings is 1. The standard InChI is InChI=1S/C42H43F3N6O7/c1-40(2)38(41(3,4)39(40)58-28-10-7-25(23-46)31(22-28)42(43,44)45)48-34(53)24-5-8-26(9-6-24)50-17-15-49(16-18-50)19-20-57-27-11-12-29-30(21-27)37(56)51(36(29)55)32-13-14-33(52)47-35(32)54/h5-12,21-22,32,38-39H,13-20H2,1-4H3,(H,48,53)(H,47,52,54). The summed E-state index contributed by atoms with van der Waals surface area (Å²) in [6, 6.07) is 15.5. The van der Waals surface area contributed by atoms with Crippen LogP contribution in [0.4, 0.5) is 18.9 Å². The van der Waals surface area contributed by atoms with E-state index in [1.807, 2.05) is 39.8 Å². The van der Waals surface area contributed by atoms with Gasteiger partial charge in [0.05, 0.1) is 28.3 Å². The number of imide groups is 2. The average Bonchev–Trinajstić information content (AvgIpc) is 3.43. The van der Waals surface area contributed by atoms with Gasteiger partial charge in [-0.2, -0.15) is 18.4 Å². The van der Waals surface area contributed by atoms with Gasteiger partial charge in [-0.05, 0) is 67.1 Å². The molecule has 304 valence electrons. The Kier molecular flexibility index (Phi) is 10.5. The van der Waals surface area contributed by atoms with Crippen molar-refractivity contribution < 1.29 is 46.6 Å². The molecule has 0 bridgehead atoms. The first-order valence-corrected chi connectivity index (χ1v) is 19.0. The van der Waals surface area contributed by atoms with Gasteiger partial charge < -0.3 is 19.7 Å². The topological polar surface area (TPSA) is 161 Å². The van der Waals surface area contributed by atoms with Gasteiger partial charge in [0.1, 0.15) is 30.3 Å². The van der Waals surface area contributed by atoms with Crippen LogP contribution in [0, 0.1) is 22.2 Å². The van der Waals surface area contributed by atoms with E-state index in [1.165, 1.54) is 18.2 Å². The molecule has 58 heavy (non-hydrogen) atoms. The number of fused-ring (bicyclic) bond motifs is 1. The van der Waals surface area contributed by atoms with E-state index < -0.39 is 63.9 Å². The second-order valence-electron chi connectivity index (χ2n) is 16.2. The Labute approximate surface area is 333 Å². The summed E-state index contributed by atoms with van der Waals surface area (Å²) in [4.78, 5) is 68.8. The Hall–Kier alpha value is -5.95. The lowest BCUT2D eigenvalue weighted by Gasteiger charge is -2.63. The molecule has 7 rings (SSSR count).